The summed E-state index contributed by atoms with van der Waals surface area (Å²) in [7, 11) is 0. The Balaban J connectivity index is 1.56. The number of carbonyl (C=O) groups excluding carboxylic acids is 1. The lowest BCUT2D eigenvalue weighted by Crippen LogP contribution is -2.38. The summed E-state index contributed by atoms with van der Waals surface area (Å²) >= 11 is 0. The van der Waals surface area contributed by atoms with Gasteiger partial charge < -0.3 is 5.32 Å². The van der Waals surface area contributed by atoms with Gasteiger partial charge in [0.15, 0.2) is 0 Å². The summed E-state index contributed by atoms with van der Waals surface area (Å²) in [4.78, 5) is 17.2. The van der Waals surface area contributed by atoms with E-state index in [1.54, 1.807) is 12.3 Å². The van der Waals surface area contributed by atoms with E-state index < -0.39 is 0 Å². The second-order valence-corrected chi connectivity index (χ2v) is 6.40. The van der Waals surface area contributed by atoms with E-state index in [0.717, 1.165) is 36.9 Å². The predicted octanol–water partition coefficient (Wildman–Crippen LogP) is 2.79. The van der Waals surface area contributed by atoms with Gasteiger partial charge in [-0.15, -0.1) is 0 Å². The van der Waals surface area contributed by atoms with Crippen LogP contribution in [0.4, 0.5) is 0 Å². The highest BCUT2D eigenvalue weighted by Crippen LogP contribution is 2.46. The first-order chi connectivity index (χ1) is 11.2. The van der Waals surface area contributed by atoms with E-state index in [2.05, 4.69) is 22.4 Å². The van der Waals surface area contributed by atoms with Crippen LogP contribution in [-0.4, -0.2) is 10.9 Å². The fourth-order valence-electron chi connectivity index (χ4n) is 3.49. The second-order valence-electron chi connectivity index (χ2n) is 6.40. The Bertz CT molecular complexity index is 817. The van der Waals surface area contributed by atoms with Gasteiger partial charge in [0.2, 0.25) is 5.91 Å². The lowest BCUT2D eigenvalue weighted by Gasteiger charge is -2.21. The second kappa shape index (κ2) is 5.20. The van der Waals surface area contributed by atoms with E-state index >= 15 is 0 Å². The SMILES string of the molecule is N#Cc1cccc(C2(NC(=O)[C@@H]3CCc4cccnc43)CC2)c1. The summed E-state index contributed by atoms with van der Waals surface area (Å²) in [6.45, 7) is 0. The Morgan fingerprint density at radius 3 is 2.96 bits per heavy atom. The molecule has 0 bridgehead atoms. The van der Waals surface area contributed by atoms with Crippen molar-refractivity contribution in [1.82, 2.24) is 10.3 Å². The summed E-state index contributed by atoms with van der Waals surface area (Å²) in [5.41, 5.74) is 3.48. The van der Waals surface area contributed by atoms with Gasteiger partial charge in [-0.1, -0.05) is 18.2 Å². The summed E-state index contributed by atoms with van der Waals surface area (Å²) < 4.78 is 0. The van der Waals surface area contributed by atoms with Gasteiger partial charge in [0.25, 0.3) is 0 Å². The number of carbonyl (C=O) groups is 1. The molecule has 0 aliphatic heterocycles. The Morgan fingerprint density at radius 2 is 2.17 bits per heavy atom. The van der Waals surface area contributed by atoms with Crippen molar-refractivity contribution in [3.05, 3.63) is 65.0 Å². The number of aromatic nitrogens is 1. The minimum Gasteiger partial charge on any atom is -0.346 e. The first kappa shape index (κ1) is 14.0. The number of benzene rings is 1. The van der Waals surface area contributed by atoms with Gasteiger partial charge in [0, 0.05) is 6.20 Å². The van der Waals surface area contributed by atoms with Crippen LogP contribution in [-0.2, 0) is 16.8 Å². The molecule has 1 fully saturated rings. The van der Waals surface area contributed by atoms with E-state index in [1.807, 2.05) is 24.3 Å². The normalized spacial score (nSPS) is 20.4. The fraction of sp³-hybridized carbons (Fsp3) is 0.316. The highest BCUT2D eigenvalue weighted by atomic mass is 16.2. The minimum absolute atomic E-state index is 0.0577. The molecule has 1 N–H and O–H groups in total. The van der Waals surface area contributed by atoms with Crippen molar-refractivity contribution >= 4 is 5.91 Å². The van der Waals surface area contributed by atoms with E-state index in [0.29, 0.717) is 5.56 Å². The van der Waals surface area contributed by atoms with Gasteiger partial charge in [0.05, 0.1) is 28.8 Å². The van der Waals surface area contributed by atoms with Crippen LogP contribution >= 0.6 is 0 Å². The molecule has 4 rings (SSSR count). The molecule has 4 nitrogen and oxygen atoms in total. The van der Waals surface area contributed by atoms with Crippen molar-refractivity contribution < 1.29 is 4.79 Å². The standard InChI is InChI=1S/C19H17N3O/c20-12-13-3-1-5-15(11-13)19(8-9-19)22-18(23)16-7-6-14-4-2-10-21-17(14)16/h1-5,10-11,16H,6-9H2,(H,22,23)/t16-/m1/s1. The molecule has 2 aliphatic rings. The lowest BCUT2D eigenvalue weighted by molar-refractivity contribution is -0.123. The van der Waals surface area contributed by atoms with Crippen LogP contribution in [0.25, 0.3) is 0 Å². The van der Waals surface area contributed by atoms with Crippen molar-refractivity contribution in [2.24, 2.45) is 0 Å². The molecular weight excluding hydrogens is 286 g/mol. The first-order valence-electron chi connectivity index (χ1n) is 7.98. The van der Waals surface area contributed by atoms with Gasteiger partial charge in [-0.3, -0.25) is 9.78 Å². The predicted molar refractivity (Wildman–Crippen MR) is 85.5 cm³/mol. The minimum atomic E-state index is -0.290. The molecule has 1 saturated carbocycles. The zero-order chi connectivity index (χ0) is 15.9. The van der Waals surface area contributed by atoms with Crippen LogP contribution in [0.1, 0.15) is 47.6 Å². The monoisotopic (exact) mass is 303 g/mol. The number of nitrogens with zero attached hydrogens (tertiary/aromatic N) is 2. The van der Waals surface area contributed by atoms with E-state index in [1.165, 1.54) is 5.56 Å². The number of amides is 1. The first-order valence-corrected chi connectivity index (χ1v) is 7.98. The molecule has 2 aromatic rings. The number of nitriles is 1. The smallest absolute Gasteiger partial charge is 0.229 e. The average molecular weight is 303 g/mol. The van der Waals surface area contributed by atoms with E-state index in [-0.39, 0.29) is 17.4 Å². The molecule has 23 heavy (non-hydrogen) atoms. The third-order valence-corrected chi connectivity index (χ3v) is 4.93. The van der Waals surface area contributed by atoms with Crippen LogP contribution in [0.2, 0.25) is 0 Å². The fourth-order valence-corrected chi connectivity index (χ4v) is 3.49. The molecule has 0 radical (unpaired) electrons. The highest BCUT2D eigenvalue weighted by Gasteiger charge is 2.47. The van der Waals surface area contributed by atoms with Crippen molar-refractivity contribution in [1.29, 1.82) is 5.26 Å². The Hall–Kier alpha value is -2.67. The van der Waals surface area contributed by atoms with Crippen LogP contribution < -0.4 is 5.32 Å². The Morgan fingerprint density at radius 1 is 1.30 bits per heavy atom. The van der Waals surface area contributed by atoms with Crippen LogP contribution in [0.15, 0.2) is 42.6 Å². The van der Waals surface area contributed by atoms with E-state index in [4.69, 9.17) is 5.26 Å². The summed E-state index contributed by atoms with van der Waals surface area (Å²) in [6, 6.07) is 13.7. The van der Waals surface area contributed by atoms with Gasteiger partial charge in [0.1, 0.15) is 0 Å². The van der Waals surface area contributed by atoms with Gasteiger partial charge in [-0.25, -0.2) is 0 Å². The maximum absolute atomic E-state index is 12.8. The van der Waals surface area contributed by atoms with Gasteiger partial charge in [-0.05, 0) is 55.0 Å². The molecule has 1 aromatic carbocycles. The van der Waals surface area contributed by atoms with Crippen LogP contribution in [0, 0.1) is 11.3 Å². The van der Waals surface area contributed by atoms with Crippen molar-refractivity contribution in [3.8, 4) is 6.07 Å². The van der Waals surface area contributed by atoms with Gasteiger partial charge in [-0.2, -0.15) is 5.26 Å². The molecule has 1 heterocycles. The molecule has 1 aromatic heterocycles. The maximum Gasteiger partial charge on any atom is 0.229 e. The highest BCUT2D eigenvalue weighted by molar-refractivity contribution is 5.85. The summed E-state index contributed by atoms with van der Waals surface area (Å²) in [5.74, 6) is -0.0925. The molecule has 0 unspecified atom stereocenters. The number of hydrogen-bond donors (Lipinski definition) is 1. The van der Waals surface area contributed by atoms with Crippen molar-refractivity contribution in [2.75, 3.05) is 0 Å². The number of nitrogens with one attached hydrogen (secondary N) is 1. The molecule has 0 saturated heterocycles. The number of pyridine rings is 1. The number of fused-ring (bicyclic) bond motifs is 1. The largest absolute Gasteiger partial charge is 0.346 e. The van der Waals surface area contributed by atoms with Gasteiger partial charge >= 0.3 is 0 Å². The van der Waals surface area contributed by atoms with E-state index in [9.17, 15) is 4.79 Å². The van der Waals surface area contributed by atoms with Crippen molar-refractivity contribution in [2.45, 2.75) is 37.1 Å². The molecule has 0 spiro atoms. The zero-order valence-electron chi connectivity index (χ0n) is 12.7. The Labute approximate surface area is 135 Å². The molecule has 1 atom stereocenters. The molecule has 114 valence electrons. The number of rotatable bonds is 3. The Kier molecular flexibility index (Phi) is 3.16. The molecule has 4 heteroatoms. The maximum atomic E-state index is 12.8. The van der Waals surface area contributed by atoms with Crippen molar-refractivity contribution in [3.63, 3.8) is 0 Å². The van der Waals surface area contributed by atoms with Crippen LogP contribution in [0.5, 0.6) is 0 Å². The third kappa shape index (κ3) is 2.39. The number of aryl methyl sites for hydroxylation is 1. The summed E-state index contributed by atoms with van der Waals surface area (Å²) in [5, 5.41) is 12.3. The zero-order valence-corrected chi connectivity index (χ0v) is 12.7. The summed E-state index contributed by atoms with van der Waals surface area (Å²) in [6.07, 6.45) is 5.35. The lowest BCUT2D eigenvalue weighted by atomic mass is 10.00. The molecular formula is C19H17N3O. The third-order valence-electron chi connectivity index (χ3n) is 4.93. The molecule has 1 amide bonds. The number of hydrogen-bond acceptors (Lipinski definition) is 3. The topological polar surface area (TPSA) is 65.8 Å². The molecule has 2 aliphatic carbocycles. The quantitative estimate of drug-likeness (QED) is 0.948. The average Bonchev–Trinajstić information content (AvgIpc) is 3.24. The van der Waals surface area contributed by atoms with Crippen LogP contribution in [0.3, 0.4) is 0 Å².